The van der Waals surface area contributed by atoms with Crippen molar-refractivity contribution in [2.75, 3.05) is 6.54 Å². The van der Waals surface area contributed by atoms with E-state index in [1.165, 1.54) is 94.8 Å². The van der Waals surface area contributed by atoms with E-state index in [0.717, 1.165) is 23.6 Å². The molecule has 5 heteroatoms. The van der Waals surface area contributed by atoms with Crippen molar-refractivity contribution in [2.45, 2.75) is 136 Å². The van der Waals surface area contributed by atoms with Crippen LogP contribution < -0.4 is 5.32 Å². The fourth-order valence-corrected chi connectivity index (χ4v) is 6.04. The van der Waals surface area contributed by atoms with E-state index in [1.807, 2.05) is 38.1 Å². The van der Waals surface area contributed by atoms with Crippen molar-refractivity contribution in [3.8, 4) is 0 Å². The van der Waals surface area contributed by atoms with Crippen molar-refractivity contribution in [1.29, 1.82) is 0 Å². The molecule has 0 saturated heterocycles. The number of hydrogen-bond donors (Lipinski definition) is 1. The van der Waals surface area contributed by atoms with Crippen LogP contribution in [0.3, 0.4) is 0 Å². The van der Waals surface area contributed by atoms with E-state index in [-0.39, 0.29) is 23.6 Å². The fraction of sp³-hybridized carbons (Fsp3) is 0.639. The normalized spacial score (nSPS) is 14.5. The van der Waals surface area contributed by atoms with Gasteiger partial charge in [0, 0.05) is 6.54 Å². The van der Waals surface area contributed by atoms with Gasteiger partial charge in [0.05, 0.1) is 11.1 Å². The first-order valence-corrected chi connectivity index (χ1v) is 16.7. The number of fused-ring (bicyclic) bond motifs is 2. The smallest absolute Gasteiger partial charge is 0.262 e. The van der Waals surface area contributed by atoms with Crippen LogP contribution in [-0.4, -0.2) is 35.2 Å². The lowest BCUT2D eigenvalue weighted by atomic mass is 9.96. The molecule has 2 atom stereocenters. The molecule has 2 aromatic rings. The van der Waals surface area contributed by atoms with Gasteiger partial charge in [-0.05, 0) is 35.2 Å². The molecule has 0 fully saturated rings. The molecule has 226 valence electrons. The van der Waals surface area contributed by atoms with Crippen LogP contribution in [0.1, 0.15) is 151 Å². The molecular formula is C36H54N2O3. The van der Waals surface area contributed by atoms with Crippen molar-refractivity contribution < 1.29 is 14.4 Å². The predicted octanol–water partition coefficient (Wildman–Crippen LogP) is 9.23. The standard InChI is InChI=1S/C36H54N2O3/c1-4-6-7-8-9-10-11-12-13-14-15-16-17-18-19-22-25-37-34(39)33(28(3)5-2)38-35(40)31-26-29-23-20-21-24-30(29)27-32(31)36(38)41/h20-21,23-24,26-28,33H,4-19,22,25H2,1-3H3,(H,37,39)/t28-,33-/m0/s1. The third-order valence-electron chi connectivity index (χ3n) is 8.84. The van der Waals surface area contributed by atoms with Gasteiger partial charge in [0.25, 0.3) is 11.8 Å². The Labute approximate surface area is 248 Å². The largest absolute Gasteiger partial charge is 0.354 e. The summed E-state index contributed by atoms with van der Waals surface area (Å²) < 4.78 is 0. The molecule has 2 aromatic carbocycles. The van der Waals surface area contributed by atoms with E-state index in [4.69, 9.17) is 0 Å². The van der Waals surface area contributed by atoms with Crippen LogP contribution in [0.4, 0.5) is 0 Å². The molecular weight excluding hydrogens is 508 g/mol. The first kappa shape index (κ1) is 32.8. The fourth-order valence-electron chi connectivity index (χ4n) is 6.04. The molecule has 0 radical (unpaired) electrons. The molecule has 3 amide bonds. The van der Waals surface area contributed by atoms with Gasteiger partial charge in [0.1, 0.15) is 6.04 Å². The summed E-state index contributed by atoms with van der Waals surface area (Å²) in [5, 5.41) is 4.88. The third-order valence-corrected chi connectivity index (χ3v) is 8.84. The molecule has 1 heterocycles. The Morgan fingerprint density at radius 2 is 1.10 bits per heavy atom. The summed E-state index contributed by atoms with van der Waals surface area (Å²) in [6, 6.07) is 10.5. The van der Waals surface area contributed by atoms with Gasteiger partial charge in [-0.1, -0.05) is 148 Å². The Balaban J connectivity index is 1.33. The molecule has 5 nitrogen and oxygen atoms in total. The number of rotatable bonds is 21. The molecule has 0 unspecified atom stereocenters. The number of benzene rings is 2. The molecule has 41 heavy (non-hydrogen) atoms. The average molecular weight is 563 g/mol. The molecule has 0 aromatic heterocycles. The highest BCUT2D eigenvalue weighted by Gasteiger charge is 2.44. The number of carbonyl (C=O) groups is 3. The highest BCUT2D eigenvalue weighted by molar-refractivity contribution is 6.24. The monoisotopic (exact) mass is 562 g/mol. The second-order valence-corrected chi connectivity index (χ2v) is 12.1. The Bertz CT molecular complexity index is 1060. The Hall–Kier alpha value is -2.69. The summed E-state index contributed by atoms with van der Waals surface area (Å²) in [6.45, 7) is 6.79. The summed E-state index contributed by atoms with van der Waals surface area (Å²) in [5.41, 5.74) is 0.792. The summed E-state index contributed by atoms with van der Waals surface area (Å²) in [7, 11) is 0. The Morgan fingerprint density at radius 1 is 0.683 bits per heavy atom. The first-order chi connectivity index (χ1) is 20.0. The number of unbranched alkanes of at least 4 members (excludes halogenated alkanes) is 15. The van der Waals surface area contributed by atoms with Gasteiger partial charge >= 0.3 is 0 Å². The molecule has 1 N–H and O–H groups in total. The first-order valence-electron chi connectivity index (χ1n) is 16.7. The van der Waals surface area contributed by atoms with Gasteiger partial charge in [-0.3, -0.25) is 19.3 Å². The Kier molecular flexibility index (Phi) is 14.4. The summed E-state index contributed by atoms with van der Waals surface area (Å²) >= 11 is 0. The number of carbonyl (C=O) groups excluding carboxylic acids is 3. The minimum absolute atomic E-state index is 0.127. The van der Waals surface area contributed by atoms with Gasteiger partial charge in [-0.2, -0.15) is 0 Å². The van der Waals surface area contributed by atoms with E-state index in [9.17, 15) is 14.4 Å². The summed E-state index contributed by atoms with van der Waals surface area (Å²) in [6.07, 6.45) is 21.7. The van der Waals surface area contributed by atoms with Gasteiger partial charge in [0.2, 0.25) is 5.91 Å². The van der Waals surface area contributed by atoms with Crippen LogP contribution in [-0.2, 0) is 4.79 Å². The highest BCUT2D eigenvalue weighted by Crippen LogP contribution is 2.31. The zero-order valence-corrected chi connectivity index (χ0v) is 26.0. The van der Waals surface area contributed by atoms with Crippen molar-refractivity contribution in [3.05, 3.63) is 47.5 Å². The number of nitrogens with one attached hydrogen (secondary N) is 1. The number of hydrogen-bond acceptors (Lipinski definition) is 3. The zero-order valence-electron chi connectivity index (χ0n) is 26.0. The van der Waals surface area contributed by atoms with Crippen LogP contribution in [0.5, 0.6) is 0 Å². The minimum Gasteiger partial charge on any atom is -0.354 e. The van der Waals surface area contributed by atoms with Crippen molar-refractivity contribution >= 4 is 28.5 Å². The third kappa shape index (κ3) is 9.68. The number of amides is 3. The number of imide groups is 1. The van der Waals surface area contributed by atoms with Crippen LogP contribution in [0.25, 0.3) is 10.8 Å². The van der Waals surface area contributed by atoms with Gasteiger partial charge in [-0.15, -0.1) is 0 Å². The lowest BCUT2D eigenvalue weighted by molar-refractivity contribution is -0.126. The van der Waals surface area contributed by atoms with Crippen molar-refractivity contribution in [1.82, 2.24) is 10.2 Å². The second kappa shape index (κ2) is 18.0. The van der Waals surface area contributed by atoms with Crippen LogP contribution in [0.2, 0.25) is 0 Å². The summed E-state index contributed by atoms with van der Waals surface area (Å²) in [4.78, 5) is 41.3. The maximum atomic E-state index is 13.4. The SMILES string of the molecule is CCCCCCCCCCCCCCCCCCNC(=O)[C@H]([C@@H](C)CC)N1C(=O)c2cc3ccccc3cc2C1=O. The lowest BCUT2D eigenvalue weighted by Crippen LogP contribution is -2.52. The van der Waals surface area contributed by atoms with Crippen LogP contribution >= 0.6 is 0 Å². The molecule has 1 aliphatic heterocycles. The van der Waals surface area contributed by atoms with E-state index in [2.05, 4.69) is 12.2 Å². The van der Waals surface area contributed by atoms with E-state index < -0.39 is 6.04 Å². The van der Waals surface area contributed by atoms with Gasteiger partial charge in [-0.25, -0.2) is 0 Å². The van der Waals surface area contributed by atoms with Crippen LogP contribution in [0, 0.1) is 5.92 Å². The quantitative estimate of drug-likeness (QED) is 0.122. The van der Waals surface area contributed by atoms with Crippen molar-refractivity contribution in [2.24, 2.45) is 5.92 Å². The minimum atomic E-state index is -0.795. The number of nitrogens with zero attached hydrogens (tertiary/aromatic N) is 1. The molecule has 1 aliphatic rings. The molecule has 0 aliphatic carbocycles. The Morgan fingerprint density at radius 3 is 1.51 bits per heavy atom. The molecule has 0 bridgehead atoms. The lowest BCUT2D eigenvalue weighted by Gasteiger charge is -2.29. The molecule has 0 saturated carbocycles. The van der Waals surface area contributed by atoms with E-state index in [0.29, 0.717) is 24.1 Å². The topological polar surface area (TPSA) is 66.5 Å². The van der Waals surface area contributed by atoms with Crippen molar-refractivity contribution in [3.63, 3.8) is 0 Å². The van der Waals surface area contributed by atoms with Gasteiger partial charge < -0.3 is 5.32 Å². The van der Waals surface area contributed by atoms with Gasteiger partial charge in [0.15, 0.2) is 0 Å². The van der Waals surface area contributed by atoms with Crippen LogP contribution in [0.15, 0.2) is 36.4 Å². The van der Waals surface area contributed by atoms with E-state index in [1.54, 1.807) is 12.1 Å². The summed E-state index contributed by atoms with van der Waals surface area (Å²) in [5.74, 6) is -1.07. The molecule has 0 spiro atoms. The zero-order chi connectivity index (χ0) is 29.5. The highest BCUT2D eigenvalue weighted by atomic mass is 16.2. The maximum absolute atomic E-state index is 13.4. The van der Waals surface area contributed by atoms with E-state index >= 15 is 0 Å². The predicted molar refractivity (Wildman–Crippen MR) is 170 cm³/mol. The molecule has 3 rings (SSSR count). The maximum Gasteiger partial charge on any atom is 0.262 e. The second-order valence-electron chi connectivity index (χ2n) is 12.1. The average Bonchev–Trinajstić information content (AvgIpc) is 3.22.